The van der Waals surface area contributed by atoms with Crippen molar-refractivity contribution in [3.8, 4) is 6.07 Å². The summed E-state index contributed by atoms with van der Waals surface area (Å²) >= 11 is 6.12. The van der Waals surface area contributed by atoms with Crippen LogP contribution in [-0.2, 0) is 14.4 Å². The fraction of sp³-hybridized carbons (Fsp3) is 0.630. The van der Waals surface area contributed by atoms with Crippen molar-refractivity contribution < 1.29 is 23.2 Å². The number of benzene rings is 1. The molecule has 3 saturated heterocycles. The Morgan fingerprint density at radius 3 is 2.66 bits per heavy atom. The number of fused-ring (bicyclic) bond motifs is 3. The zero-order valence-electron chi connectivity index (χ0n) is 21.6. The van der Waals surface area contributed by atoms with Gasteiger partial charge in [0.25, 0.3) is 5.92 Å². The minimum atomic E-state index is -3.11. The molecule has 38 heavy (non-hydrogen) atoms. The molecule has 0 spiro atoms. The highest BCUT2D eigenvalue weighted by atomic mass is 35.5. The molecular formula is C27H34ClF2N5O3. The lowest BCUT2D eigenvalue weighted by molar-refractivity contribution is -0.194. The first kappa shape index (κ1) is 28.1. The second kappa shape index (κ2) is 11.4. The topological polar surface area (TPSA) is 114 Å². The Labute approximate surface area is 226 Å². The van der Waals surface area contributed by atoms with Gasteiger partial charge in [0.15, 0.2) is 0 Å². The van der Waals surface area contributed by atoms with E-state index in [1.54, 1.807) is 24.3 Å². The summed E-state index contributed by atoms with van der Waals surface area (Å²) in [6.07, 6.45) is 1.04. The van der Waals surface area contributed by atoms with Gasteiger partial charge in [0.1, 0.15) is 18.1 Å². The minimum absolute atomic E-state index is 0.0888. The Bertz CT molecular complexity index is 1110. The molecule has 4 aliphatic rings. The molecule has 1 aromatic rings. The van der Waals surface area contributed by atoms with E-state index in [4.69, 9.17) is 11.6 Å². The summed E-state index contributed by atoms with van der Waals surface area (Å²) < 4.78 is 30.2. The predicted octanol–water partition coefficient (Wildman–Crippen LogP) is 3.72. The summed E-state index contributed by atoms with van der Waals surface area (Å²) in [5, 5.41) is 18.6. The van der Waals surface area contributed by atoms with Crippen LogP contribution in [-0.4, -0.2) is 59.3 Å². The van der Waals surface area contributed by atoms with E-state index in [1.165, 1.54) is 4.90 Å². The van der Waals surface area contributed by atoms with Gasteiger partial charge in [0.05, 0.1) is 12.0 Å². The molecule has 3 amide bonds. The van der Waals surface area contributed by atoms with Crippen molar-refractivity contribution in [3.63, 3.8) is 0 Å². The molecule has 0 unspecified atom stereocenters. The van der Waals surface area contributed by atoms with Gasteiger partial charge in [-0.2, -0.15) is 5.26 Å². The molecule has 11 heteroatoms. The number of amides is 3. The van der Waals surface area contributed by atoms with E-state index in [-0.39, 0.29) is 24.7 Å². The maximum absolute atomic E-state index is 15.1. The smallest absolute Gasteiger partial charge is 0.255 e. The molecule has 1 aliphatic carbocycles. The van der Waals surface area contributed by atoms with E-state index >= 15 is 8.78 Å². The van der Waals surface area contributed by atoms with Gasteiger partial charge in [-0.25, -0.2) is 8.78 Å². The maximum atomic E-state index is 15.1. The summed E-state index contributed by atoms with van der Waals surface area (Å²) in [6.45, 7) is 4.40. The molecule has 5 rings (SSSR count). The summed E-state index contributed by atoms with van der Waals surface area (Å²) in [7, 11) is 0. The van der Waals surface area contributed by atoms with Crippen LogP contribution >= 0.6 is 11.6 Å². The lowest BCUT2D eigenvalue weighted by atomic mass is 9.71. The molecule has 2 bridgehead atoms. The van der Waals surface area contributed by atoms with Crippen molar-refractivity contribution in [1.82, 2.24) is 15.5 Å². The van der Waals surface area contributed by atoms with Gasteiger partial charge in [0.2, 0.25) is 17.7 Å². The number of nitrogens with zero attached hydrogens (tertiary/aromatic N) is 2. The number of carbonyl (C=O) groups is 3. The molecule has 0 radical (unpaired) electrons. The van der Waals surface area contributed by atoms with Crippen LogP contribution in [0.3, 0.4) is 0 Å². The number of piperidine rings is 2. The van der Waals surface area contributed by atoms with E-state index in [0.717, 1.165) is 0 Å². The monoisotopic (exact) mass is 549 g/mol. The zero-order valence-corrected chi connectivity index (χ0v) is 22.3. The normalized spacial score (nSPS) is 27.4. The first-order chi connectivity index (χ1) is 18.0. The fourth-order valence-corrected chi connectivity index (χ4v) is 6.22. The molecule has 3 heterocycles. The third-order valence-corrected chi connectivity index (χ3v) is 8.02. The van der Waals surface area contributed by atoms with Crippen molar-refractivity contribution in [2.45, 2.75) is 82.5 Å². The number of nitrogens with one attached hydrogen (secondary N) is 3. The van der Waals surface area contributed by atoms with Crippen LogP contribution < -0.4 is 16.0 Å². The van der Waals surface area contributed by atoms with E-state index in [2.05, 4.69) is 16.0 Å². The van der Waals surface area contributed by atoms with Gasteiger partial charge in [-0.1, -0.05) is 31.5 Å². The Hall–Kier alpha value is -2.93. The number of halogens is 3. The number of anilines is 1. The highest BCUT2D eigenvalue weighted by molar-refractivity contribution is 6.30. The second-order valence-corrected chi connectivity index (χ2v) is 11.5. The summed E-state index contributed by atoms with van der Waals surface area (Å²) in [5.74, 6) is -6.18. The van der Waals surface area contributed by atoms with Crippen LogP contribution in [0.25, 0.3) is 0 Å². The molecule has 1 aromatic carbocycles. The van der Waals surface area contributed by atoms with Gasteiger partial charge in [-0.05, 0) is 56.2 Å². The lowest BCUT2D eigenvalue weighted by Crippen LogP contribution is -2.70. The highest BCUT2D eigenvalue weighted by Gasteiger charge is 2.61. The minimum Gasteiger partial charge on any atom is -0.374 e. The number of alkyl halides is 2. The molecule has 1 saturated carbocycles. The number of nitriles is 1. The van der Waals surface area contributed by atoms with E-state index in [1.807, 2.05) is 19.9 Å². The Morgan fingerprint density at radius 2 is 2.05 bits per heavy atom. The number of hydrogen-bond donors (Lipinski definition) is 3. The molecular weight excluding hydrogens is 516 g/mol. The van der Waals surface area contributed by atoms with Gasteiger partial charge >= 0.3 is 0 Å². The van der Waals surface area contributed by atoms with Gasteiger partial charge < -0.3 is 20.9 Å². The van der Waals surface area contributed by atoms with Crippen molar-refractivity contribution >= 4 is 35.0 Å². The largest absolute Gasteiger partial charge is 0.374 e. The van der Waals surface area contributed by atoms with Gasteiger partial charge in [-0.3, -0.25) is 14.4 Å². The van der Waals surface area contributed by atoms with Crippen LogP contribution in [0.5, 0.6) is 0 Å². The van der Waals surface area contributed by atoms with Crippen molar-refractivity contribution in [2.75, 3.05) is 11.9 Å². The molecule has 3 N–H and O–H groups in total. The van der Waals surface area contributed by atoms with Gasteiger partial charge in [0, 0.05) is 35.6 Å². The van der Waals surface area contributed by atoms with Gasteiger partial charge in [-0.15, -0.1) is 0 Å². The van der Waals surface area contributed by atoms with Crippen molar-refractivity contribution in [1.29, 1.82) is 5.26 Å². The van der Waals surface area contributed by atoms with Crippen LogP contribution in [0, 0.1) is 29.1 Å². The summed E-state index contributed by atoms with van der Waals surface area (Å²) in [5.41, 5.74) is 0.615. The molecule has 3 aliphatic heterocycles. The molecule has 4 fully saturated rings. The van der Waals surface area contributed by atoms with Crippen molar-refractivity contribution in [2.24, 2.45) is 17.8 Å². The molecule has 6 atom stereocenters. The number of hydrogen-bond acceptors (Lipinski definition) is 5. The fourth-order valence-electron chi connectivity index (χ4n) is 6.03. The number of carbonyl (C=O) groups excluding carboxylic acids is 3. The Balaban J connectivity index is 1.59. The molecule has 206 valence electrons. The third kappa shape index (κ3) is 6.04. The molecule has 8 nitrogen and oxygen atoms in total. The Morgan fingerprint density at radius 1 is 1.29 bits per heavy atom. The first-order valence-electron chi connectivity index (χ1n) is 13.2. The van der Waals surface area contributed by atoms with Crippen molar-refractivity contribution in [3.05, 3.63) is 29.3 Å². The molecule has 0 aromatic heterocycles. The van der Waals surface area contributed by atoms with E-state index in [9.17, 15) is 19.6 Å². The Kier molecular flexibility index (Phi) is 8.46. The van der Waals surface area contributed by atoms with E-state index in [0.29, 0.717) is 36.5 Å². The van der Waals surface area contributed by atoms with Crippen LogP contribution in [0.15, 0.2) is 24.3 Å². The first-order valence-corrected chi connectivity index (χ1v) is 13.6. The summed E-state index contributed by atoms with van der Waals surface area (Å²) in [4.78, 5) is 40.9. The maximum Gasteiger partial charge on any atom is 0.255 e. The second-order valence-electron chi connectivity index (χ2n) is 11.0. The lowest BCUT2D eigenvalue weighted by Gasteiger charge is -2.54. The average Bonchev–Trinajstić information content (AvgIpc) is 3.25. The SMILES string of the molecule is CC(C)C[C@H](Nc1cccc(Cl)c1)C(=O)N1[C@H]2CC[C@@H]([C@H]1C(=O)N[C@H](C#N)C[C@@H]1CCNC1=O)C(F)(F)C2. The standard InChI is InChI=1S/C27H34ClF2N5O3/c1-15(2)10-22(33-18-5-3-4-17(28)12-18)26(38)35-20-6-7-21(27(29,30)13-20)23(35)25(37)34-19(14-31)11-16-8-9-32-24(16)36/h3-5,12,15-16,19-23,33H,6-11,13H2,1-2H3,(H,32,36)(H,34,37)/t16-,19-,20-,21-,22-,23-/m0/s1. The average molecular weight is 550 g/mol. The van der Waals surface area contributed by atoms with E-state index < -0.39 is 60.2 Å². The third-order valence-electron chi connectivity index (χ3n) is 7.78. The summed E-state index contributed by atoms with van der Waals surface area (Å²) in [6, 6.07) is 4.89. The van der Waals surface area contributed by atoms with Crippen LogP contribution in [0.1, 0.15) is 52.4 Å². The quantitative estimate of drug-likeness (QED) is 0.434. The predicted molar refractivity (Wildman–Crippen MR) is 138 cm³/mol. The highest BCUT2D eigenvalue weighted by Crippen LogP contribution is 2.49. The van der Waals surface area contributed by atoms with Crippen LogP contribution in [0.4, 0.5) is 14.5 Å². The zero-order chi connectivity index (χ0) is 27.6. The number of rotatable bonds is 9. The van der Waals surface area contributed by atoms with Crippen LogP contribution in [0.2, 0.25) is 5.02 Å².